The summed E-state index contributed by atoms with van der Waals surface area (Å²) in [5, 5.41) is 13.5. The number of hydrogen-bond acceptors (Lipinski definition) is 3. The van der Waals surface area contributed by atoms with Gasteiger partial charge in [-0.2, -0.15) is 0 Å². The molecule has 0 aromatic heterocycles. The number of hydrogen-bond donors (Lipinski definition) is 3. The Labute approximate surface area is 110 Å². The lowest BCUT2D eigenvalue weighted by Crippen LogP contribution is -2.40. The van der Waals surface area contributed by atoms with Crippen LogP contribution in [-0.2, 0) is 20.9 Å². The van der Waals surface area contributed by atoms with Gasteiger partial charge < -0.3 is 15.7 Å². The second-order valence-corrected chi connectivity index (χ2v) is 4.04. The van der Waals surface area contributed by atoms with Gasteiger partial charge in [0, 0.05) is 6.54 Å². The molecule has 0 saturated heterocycles. The standard InChI is InChI=1S/C13H16N2O4/c1-9(13(18)19)12(17)15-8-11(16)14-7-10-5-3-2-4-6-10/h2-6,9H,7-8H2,1H3,(H,14,16)(H,15,17)(H,18,19). The fourth-order valence-electron chi connectivity index (χ4n) is 1.29. The van der Waals surface area contributed by atoms with Crippen LogP contribution in [0.3, 0.4) is 0 Å². The number of aliphatic carboxylic acids is 1. The third kappa shape index (κ3) is 5.20. The number of carboxylic acids is 1. The topological polar surface area (TPSA) is 95.5 Å². The number of benzene rings is 1. The van der Waals surface area contributed by atoms with Gasteiger partial charge in [-0.05, 0) is 12.5 Å². The van der Waals surface area contributed by atoms with Crippen molar-refractivity contribution < 1.29 is 19.5 Å². The van der Waals surface area contributed by atoms with Crippen molar-refractivity contribution in [2.75, 3.05) is 6.54 Å². The number of carboxylic acid groups (broad SMARTS) is 1. The number of nitrogens with one attached hydrogen (secondary N) is 2. The van der Waals surface area contributed by atoms with Gasteiger partial charge in [0.15, 0.2) is 0 Å². The lowest BCUT2D eigenvalue weighted by atomic mass is 10.2. The van der Waals surface area contributed by atoms with Crippen LogP contribution in [-0.4, -0.2) is 29.4 Å². The maximum Gasteiger partial charge on any atom is 0.315 e. The van der Waals surface area contributed by atoms with E-state index in [-0.39, 0.29) is 12.5 Å². The van der Waals surface area contributed by atoms with Gasteiger partial charge in [-0.15, -0.1) is 0 Å². The molecular formula is C13H16N2O4. The Bertz CT molecular complexity index is 459. The second-order valence-electron chi connectivity index (χ2n) is 4.04. The minimum absolute atomic E-state index is 0.233. The normalized spacial score (nSPS) is 11.4. The van der Waals surface area contributed by atoms with Gasteiger partial charge in [0.05, 0.1) is 6.54 Å². The average molecular weight is 264 g/mol. The van der Waals surface area contributed by atoms with Crippen LogP contribution in [0.25, 0.3) is 0 Å². The molecule has 1 unspecified atom stereocenters. The Hall–Kier alpha value is -2.37. The van der Waals surface area contributed by atoms with E-state index >= 15 is 0 Å². The van der Waals surface area contributed by atoms with Gasteiger partial charge >= 0.3 is 5.97 Å². The van der Waals surface area contributed by atoms with Crippen molar-refractivity contribution in [3.63, 3.8) is 0 Å². The minimum Gasteiger partial charge on any atom is -0.481 e. The lowest BCUT2D eigenvalue weighted by Gasteiger charge is -2.09. The van der Waals surface area contributed by atoms with Crippen LogP contribution in [0, 0.1) is 5.92 Å². The van der Waals surface area contributed by atoms with Gasteiger partial charge in [-0.1, -0.05) is 30.3 Å². The predicted octanol–water partition coefficient (Wildman–Crippen LogP) is 0.140. The molecule has 0 aliphatic carbocycles. The van der Waals surface area contributed by atoms with Crippen LogP contribution < -0.4 is 10.6 Å². The first-order valence-electron chi connectivity index (χ1n) is 5.82. The largest absolute Gasteiger partial charge is 0.481 e. The molecule has 102 valence electrons. The Morgan fingerprint density at radius 1 is 1.16 bits per heavy atom. The molecule has 1 aromatic carbocycles. The second kappa shape index (κ2) is 7.15. The van der Waals surface area contributed by atoms with Crippen LogP contribution in [0.1, 0.15) is 12.5 Å². The Balaban J connectivity index is 2.29. The fraction of sp³-hybridized carbons (Fsp3) is 0.308. The minimum atomic E-state index is -1.22. The highest BCUT2D eigenvalue weighted by Gasteiger charge is 2.20. The van der Waals surface area contributed by atoms with E-state index in [9.17, 15) is 14.4 Å². The highest BCUT2D eigenvalue weighted by atomic mass is 16.4. The summed E-state index contributed by atoms with van der Waals surface area (Å²) in [4.78, 5) is 33.3. The van der Waals surface area contributed by atoms with Crippen LogP contribution in [0.4, 0.5) is 0 Å². The SMILES string of the molecule is CC(C(=O)O)C(=O)NCC(=O)NCc1ccccc1. The summed E-state index contributed by atoms with van der Waals surface area (Å²) in [6.45, 7) is 1.40. The van der Waals surface area contributed by atoms with E-state index in [4.69, 9.17) is 5.11 Å². The van der Waals surface area contributed by atoms with E-state index in [1.54, 1.807) is 0 Å². The van der Waals surface area contributed by atoms with E-state index in [1.165, 1.54) is 6.92 Å². The van der Waals surface area contributed by atoms with E-state index in [1.807, 2.05) is 30.3 Å². The Morgan fingerprint density at radius 2 is 1.79 bits per heavy atom. The first kappa shape index (κ1) is 14.7. The van der Waals surface area contributed by atoms with Crippen molar-refractivity contribution in [3.8, 4) is 0 Å². The highest BCUT2D eigenvalue weighted by Crippen LogP contribution is 1.97. The summed E-state index contributed by atoms with van der Waals surface area (Å²) in [7, 11) is 0. The number of rotatable bonds is 6. The summed E-state index contributed by atoms with van der Waals surface area (Å²) in [5.74, 6) is -3.43. The molecule has 0 aliphatic rings. The fourth-order valence-corrected chi connectivity index (χ4v) is 1.29. The van der Waals surface area contributed by atoms with Crippen molar-refractivity contribution in [2.45, 2.75) is 13.5 Å². The zero-order chi connectivity index (χ0) is 14.3. The molecule has 19 heavy (non-hydrogen) atoms. The molecule has 3 N–H and O–H groups in total. The zero-order valence-corrected chi connectivity index (χ0v) is 10.6. The highest BCUT2D eigenvalue weighted by molar-refractivity contribution is 5.97. The van der Waals surface area contributed by atoms with Crippen molar-refractivity contribution >= 4 is 17.8 Å². The smallest absolute Gasteiger partial charge is 0.315 e. The van der Waals surface area contributed by atoms with Gasteiger partial charge in [0.25, 0.3) is 0 Å². The number of carbonyl (C=O) groups excluding carboxylic acids is 2. The van der Waals surface area contributed by atoms with Crippen LogP contribution >= 0.6 is 0 Å². The molecule has 0 bridgehead atoms. The first-order valence-corrected chi connectivity index (χ1v) is 5.82. The maximum atomic E-state index is 11.4. The number of carbonyl (C=O) groups is 3. The average Bonchev–Trinajstić information content (AvgIpc) is 2.42. The molecule has 1 rings (SSSR count). The van der Waals surface area contributed by atoms with E-state index < -0.39 is 17.8 Å². The van der Waals surface area contributed by atoms with Gasteiger partial charge in [-0.3, -0.25) is 14.4 Å². The summed E-state index contributed by atoms with van der Waals surface area (Å²) >= 11 is 0. The molecule has 0 radical (unpaired) electrons. The van der Waals surface area contributed by atoms with Gasteiger partial charge in [-0.25, -0.2) is 0 Å². The summed E-state index contributed by atoms with van der Waals surface area (Å²) in [6.07, 6.45) is 0. The van der Waals surface area contributed by atoms with E-state index in [0.29, 0.717) is 6.54 Å². The Morgan fingerprint density at radius 3 is 2.37 bits per heavy atom. The van der Waals surface area contributed by atoms with Crippen molar-refractivity contribution in [1.82, 2.24) is 10.6 Å². The van der Waals surface area contributed by atoms with Crippen LogP contribution in [0.2, 0.25) is 0 Å². The molecular weight excluding hydrogens is 248 g/mol. The van der Waals surface area contributed by atoms with Crippen LogP contribution in [0.5, 0.6) is 0 Å². The van der Waals surface area contributed by atoms with Gasteiger partial charge in [0.2, 0.25) is 11.8 Å². The zero-order valence-electron chi connectivity index (χ0n) is 10.6. The molecule has 0 fully saturated rings. The van der Waals surface area contributed by atoms with E-state index in [2.05, 4.69) is 10.6 Å². The monoisotopic (exact) mass is 264 g/mol. The molecule has 0 saturated carbocycles. The lowest BCUT2D eigenvalue weighted by molar-refractivity contribution is -0.146. The quantitative estimate of drug-likeness (QED) is 0.637. The first-order chi connectivity index (χ1) is 9.00. The third-order valence-corrected chi connectivity index (χ3v) is 2.52. The molecule has 0 spiro atoms. The number of amides is 2. The molecule has 6 nitrogen and oxygen atoms in total. The summed E-state index contributed by atoms with van der Waals surface area (Å²) in [6, 6.07) is 9.32. The van der Waals surface area contributed by atoms with E-state index in [0.717, 1.165) is 5.56 Å². The molecule has 0 aliphatic heterocycles. The van der Waals surface area contributed by atoms with Gasteiger partial charge in [0.1, 0.15) is 5.92 Å². The maximum absolute atomic E-state index is 11.4. The third-order valence-electron chi connectivity index (χ3n) is 2.52. The summed E-state index contributed by atoms with van der Waals surface area (Å²) in [5.41, 5.74) is 0.945. The molecule has 2 amide bonds. The van der Waals surface area contributed by atoms with Crippen molar-refractivity contribution in [3.05, 3.63) is 35.9 Å². The van der Waals surface area contributed by atoms with Crippen molar-refractivity contribution in [2.24, 2.45) is 5.92 Å². The summed E-state index contributed by atoms with van der Waals surface area (Å²) < 4.78 is 0. The predicted molar refractivity (Wildman–Crippen MR) is 68.1 cm³/mol. The van der Waals surface area contributed by atoms with Crippen molar-refractivity contribution in [1.29, 1.82) is 0 Å². The Kier molecular flexibility index (Phi) is 5.53. The molecule has 6 heteroatoms. The van der Waals surface area contributed by atoms with Crippen LogP contribution in [0.15, 0.2) is 30.3 Å². The molecule has 0 heterocycles. The molecule has 1 aromatic rings. The molecule has 1 atom stereocenters.